The fourth-order valence-electron chi connectivity index (χ4n) is 4.98. The lowest BCUT2D eigenvalue weighted by Crippen LogP contribution is -2.51. The highest BCUT2D eigenvalue weighted by atomic mass is 16.5. The molecule has 0 atom stereocenters. The van der Waals surface area contributed by atoms with Crippen molar-refractivity contribution in [3.05, 3.63) is 108 Å². The van der Waals surface area contributed by atoms with Crippen LogP contribution < -0.4 is 4.74 Å². The molecule has 7 heteroatoms. The van der Waals surface area contributed by atoms with Crippen LogP contribution in [0.1, 0.15) is 21.6 Å². The normalized spacial score (nSPS) is 13.4. The number of hydrogen-bond donors (Lipinski definition) is 0. The quantitative estimate of drug-likeness (QED) is 0.327. The van der Waals surface area contributed by atoms with Crippen molar-refractivity contribution in [2.24, 2.45) is 0 Å². The van der Waals surface area contributed by atoms with Crippen molar-refractivity contribution in [2.45, 2.75) is 13.5 Å². The molecule has 1 fully saturated rings. The predicted molar refractivity (Wildman–Crippen MR) is 151 cm³/mol. The largest absolute Gasteiger partial charge is 0.497 e. The first-order valence-electron chi connectivity index (χ1n) is 13.2. The van der Waals surface area contributed by atoms with Crippen molar-refractivity contribution >= 4 is 11.8 Å². The Balaban J connectivity index is 1.29. The third kappa shape index (κ3) is 5.89. The van der Waals surface area contributed by atoms with Gasteiger partial charge in [0.05, 0.1) is 25.0 Å². The second kappa shape index (κ2) is 12.0. The summed E-state index contributed by atoms with van der Waals surface area (Å²) in [5.41, 5.74) is 5.44. The van der Waals surface area contributed by atoms with Gasteiger partial charge in [0, 0.05) is 43.6 Å². The smallest absolute Gasteiger partial charge is 0.255 e. The number of hydrogen-bond acceptors (Lipinski definition) is 4. The number of methoxy groups -OCH3 is 1. The van der Waals surface area contributed by atoms with E-state index in [4.69, 9.17) is 9.47 Å². The number of carbonyl (C=O) groups is 2. The molecule has 7 nitrogen and oxygen atoms in total. The van der Waals surface area contributed by atoms with E-state index >= 15 is 0 Å². The molecule has 39 heavy (non-hydrogen) atoms. The van der Waals surface area contributed by atoms with Crippen LogP contribution in [0.3, 0.4) is 0 Å². The molecule has 2 heterocycles. The SMILES string of the molecule is COc1cccc(-n2c(-c3ccccc3)cc(C(=O)N3CCN(C(=O)COCc4ccccc4)CC3)c2C)c1. The van der Waals surface area contributed by atoms with Crippen molar-refractivity contribution in [3.8, 4) is 22.7 Å². The van der Waals surface area contributed by atoms with E-state index in [9.17, 15) is 9.59 Å². The van der Waals surface area contributed by atoms with E-state index in [1.165, 1.54) is 0 Å². The van der Waals surface area contributed by atoms with Crippen molar-refractivity contribution in [1.29, 1.82) is 0 Å². The zero-order chi connectivity index (χ0) is 27.2. The maximum atomic E-state index is 13.7. The molecule has 1 aliphatic heterocycles. The van der Waals surface area contributed by atoms with Crippen LogP contribution in [0, 0.1) is 6.92 Å². The van der Waals surface area contributed by atoms with Crippen molar-refractivity contribution in [1.82, 2.24) is 14.4 Å². The van der Waals surface area contributed by atoms with Crippen LogP contribution in [0.25, 0.3) is 16.9 Å². The van der Waals surface area contributed by atoms with Gasteiger partial charge in [0.15, 0.2) is 0 Å². The maximum absolute atomic E-state index is 13.7. The van der Waals surface area contributed by atoms with Crippen LogP contribution in [0.15, 0.2) is 91.0 Å². The molecule has 0 N–H and O–H groups in total. The molecule has 0 bridgehead atoms. The number of nitrogens with zero attached hydrogens (tertiary/aromatic N) is 3. The molecular formula is C32H33N3O4. The Kier molecular flexibility index (Phi) is 8.08. The first-order valence-corrected chi connectivity index (χ1v) is 13.2. The zero-order valence-electron chi connectivity index (χ0n) is 22.4. The monoisotopic (exact) mass is 523 g/mol. The van der Waals surface area contributed by atoms with Gasteiger partial charge in [0.1, 0.15) is 12.4 Å². The third-order valence-electron chi connectivity index (χ3n) is 7.12. The van der Waals surface area contributed by atoms with E-state index < -0.39 is 0 Å². The van der Waals surface area contributed by atoms with Gasteiger partial charge in [-0.25, -0.2) is 0 Å². The molecule has 1 saturated heterocycles. The van der Waals surface area contributed by atoms with Gasteiger partial charge >= 0.3 is 0 Å². The second-order valence-electron chi connectivity index (χ2n) is 9.58. The van der Waals surface area contributed by atoms with Crippen molar-refractivity contribution in [3.63, 3.8) is 0 Å². The summed E-state index contributed by atoms with van der Waals surface area (Å²) in [6.45, 7) is 4.34. The minimum absolute atomic E-state index is 0.0289. The highest BCUT2D eigenvalue weighted by molar-refractivity contribution is 5.97. The fraction of sp³-hybridized carbons (Fsp3) is 0.250. The molecule has 0 radical (unpaired) electrons. The lowest BCUT2D eigenvalue weighted by molar-refractivity contribution is -0.138. The van der Waals surface area contributed by atoms with Crippen LogP contribution in [0.4, 0.5) is 0 Å². The molecule has 2 amide bonds. The lowest BCUT2D eigenvalue weighted by Gasteiger charge is -2.34. The Morgan fingerprint density at radius 3 is 2.15 bits per heavy atom. The van der Waals surface area contributed by atoms with Crippen molar-refractivity contribution < 1.29 is 19.1 Å². The highest BCUT2D eigenvalue weighted by Crippen LogP contribution is 2.31. The molecule has 3 aromatic carbocycles. The summed E-state index contributed by atoms with van der Waals surface area (Å²) >= 11 is 0. The van der Waals surface area contributed by atoms with Gasteiger partial charge in [-0.2, -0.15) is 0 Å². The first kappa shape index (κ1) is 26.3. The topological polar surface area (TPSA) is 64.0 Å². The number of aromatic nitrogens is 1. The molecule has 200 valence electrons. The van der Waals surface area contributed by atoms with E-state index in [0.717, 1.165) is 34.0 Å². The van der Waals surface area contributed by atoms with Gasteiger partial charge in [-0.1, -0.05) is 66.7 Å². The molecule has 1 aliphatic rings. The third-order valence-corrected chi connectivity index (χ3v) is 7.12. The molecule has 4 aromatic rings. The fourth-order valence-corrected chi connectivity index (χ4v) is 4.98. The number of benzene rings is 3. The number of carbonyl (C=O) groups excluding carboxylic acids is 2. The number of rotatable bonds is 8. The van der Waals surface area contributed by atoms with Crippen molar-refractivity contribution in [2.75, 3.05) is 39.9 Å². The van der Waals surface area contributed by atoms with Gasteiger partial charge in [-0.15, -0.1) is 0 Å². The average Bonchev–Trinajstić information content (AvgIpc) is 3.34. The molecule has 0 unspecified atom stereocenters. The maximum Gasteiger partial charge on any atom is 0.255 e. The van der Waals surface area contributed by atoms with Crippen LogP contribution in [-0.2, 0) is 16.1 Å². The van der Waals surface area contributed by atoms with Crippen LogP contribution in [0.5, 0.6) is 5.75 Å². The first-order chi connectivity index (χ1) is 19.0. The van der Waals surface area contributed by atoms with Gasteiger partial charge in [-0.3, -0.25) is 9.59 Å². The summed E-state index contributed by atoms with van der Waals surface area (Å²) in [5.74, 6) is 0.671. The van der Waals surface area contributed by atoms with Gasteiger partial charge in [0.25, 0.3) is 5.91 Å². The Bertz CT molecular complexity index is 1420. The second-order valence-corrected chi connectivity index (χ2v) is 9.58. The molecule has 0 spiro atoms. The minimum atomic E-state index is -0.0512. The number of ether oxygens (including phenoxy) is 2. The summed E-state index contributed by atoms with van der Waals surface area (Å²) in [7, 11) is 1.65. The standard InChI is InChI=1S/C32H33N3O4/c1-24-29(21-30(26-12-7-4-8-13-26)35(24)27-14-9-15-28(20-27)38-2)32(37)34-18-16-33(17-19-34)31(36)23-39-22-25-10-5-3-6-11-25/h3-15,20-21H,16-19,22-23H2,1-2H3. The molecule has 5 rings (SSSR count). The van der Waals surface area contributed by atoms with Gasteiger partial charge < -0.3 is 23.8 Å². The molecule has 0 aliphatic carbocycles. The summed E-state index contributed by atoms with van der Waals surface area (Å²) in [4.78, 5) is 30.0. The Morgan fingerprint density at radius 2 is 1.46 bits per heavy atom. The Labute approximate surface area is 229 Å². The number of piperazine rings is 1. The zero-order valence-corrected chi connectivity index (χ0v) is 22.4. The highest BCUT2D eigenvalue weighted by Gasteiger charge is 2.28. The van der Waals surface area contributed by atoms with Crippen LogP contribution in [-0.4, -0.2) is 66.1 Å². The van der Waals surface area contributed by atoms with Gasteiger partial charge in [-0.05, 0) is 36.2 Å². The van der Waals surface area contributed by atoms with Gasteiger partial charge in [0.2, 0.25) is 5.91 Å². The molecule has 0 saturated carbocycles. The van der Waals surface area contributed by atoms with E-state index in [-0.39, 0.29) is 18.4 Å². The Hall–Kier alpha value is -4.36. The average molecular weight is 524 g/mol. The minimum Gasteiger partial charge on any atom is -0.497 e. The summed E-state index contributed by atoms with van der Waals surface area (Å²) in [6, 6.07) is 29.7. The van der Waals surface area contributed by atoms with E-state index in [0.29, 0.717) is 38.3 Å². The van der Waals surface area contributed by atoms with Crippen LogP contribution >= 0.6 is 0 Å². The number of amides is 2. The summed E-state index contributed by atoms with van der Waals surface area (Å²) in [5, 5.41) is 0. The van der Waals surface area contributed by atoms with E-state index in [1.54, 1.807) is 12.0 Å². The van der Waals surface area contributed by atoms with Crippen LogP contribution in [0.2, 0.25) is 0 Å². The van der Waals surface area contributed by atoms with E-state index in [2.05, 4.69) is 4.57 Å². The Morgan fingerprint density at radius 1 is 0.795 bits per heavy atom. The predicted octanol–water partition coefficient (Wildman–Crippen LogP) is 4.96. The molecule has 1 aromatic heterocycles. The summed E-state index contributed by atoms with van der Waals surface area (Å²) in [6.07, 6.45) is 0. The summed E-state index contributed by atoms with van der Waals surface area (Å²) < 4.78 is 13.2. The van der Waals surface area contributed by atoms with E-state index in [1.807, 2.05) is 103 Å². The molecular weight excluding hydrogens is 490 g/mol. The lowest BCUT2D eigenvalue weighted by atomic mass is 10.1.